The van der Waals surface area contributed by atoms with E-state index in [2.05, 4.69) is 5.32 Å². The molecule has 0 aromatic carbocycles. The zero-order valence-electron chi connectivity index (χ0n) is 10.4. The molecule has 1 heterocycles. The molecule has 0 spiro atoms. The third-order valence-corrected chi connectivity index (χ3v) is 4.55. The fourth-order valence-corrected chi connectivity index (χ4v) is 3.65. The smallest absolute Gasteiger partial charge is 0.451 e. The number of nitrogens with two attached hydrogens (primary N) is 1. The van der Waals surface area contributed by atoms with Crippen LogP contribution in [-0.4, -0.2) is 46.9 Å². The molecule has 2 aliphatic rings. The summed E-state index contributed by atoms with van der Waals surface area (Å²) in [5.74, 6) is -0.350. The van der Waals surface area contributed by atoms with Crippen molar-refractivity contribution in [2.75, 3.05) is 13.1 Å². The van der Waals surface area contributed by atoms with Crippen LogP contribution in [0.1, 0.15) is 19.3 Å². The van der Waals surface area contributed by atoms with E-state index in [1.165, 1.54) is 0 Å². The zero-order chi connectivity index (χ0) is 13.3. The topological polar surface area (TPSA) is 116 Å². The van der Waals surface area contributed by atoms with Gasteiger partial charge in [0.15, 0.2) is 0 Å². The van der Waals surface area contributed by atoms with Gasteiger partial charge in [-0.1, -0.05) is 6.42 Å². The number of nitrogens with one attached hydrogen (secondary N) is 1. The minimum Gasteiger partial charge on any atom is -0.480 e. The average Bonchev–Trinajstić information content (AvgIpc) is 2.79. The Morgan fingerprint density at radius 3 is 2.78 bits per heavy atom. The number of fused-ring (bicyclic) bond motifs is 1. The summed E-state index contributed by atoms with van der Waals surface area (Å²) < 4.78 is 0. The van der Waals surface area contributed by atoms with Crippen LogP contribution in [-0.2, 0) is 4.79 Å². The highest BCUT2D eigenvalue weighted by molar-refractivity contribution is 6.40. The van der Waals surface area contributed by atoms with Crippen LogP contribution in [0.5, 0.6) is 0 Å². The predicted octanol–water partition coefficient (Wildman–Crippen LogP) is -1.12. The first-order valence-electron chi connectivity index (χ1n) is 6.54. The molecule has 0 bridgehead atoms. The van der Waals surface area contributed by atoms with E-state index in [0.29, 0.717) is 31.1 Å². The lowest BCUT2D eigenvalue weighted by molar-refractivity contribution is -0.145. The first-order valence-corrected chi connectivity index (χ1v) is 6.54. The van der Waals surface area contributed by atoms with Crippen LogP contribution >= 0.6 is 0 Å². The summed E-state index contributed by atoms with van der Waals surface area (Å²) in [6.07, 6.45) is 2.03. The highest BCUT2D eigenvalue weighted by atomic mass is 16.4. The van der Waals surface area contributed by atoms with Crippen LogP contribution in [0.3, 0.4) is 0 Å². The van der Waals surface area contributed by atoms with Crippen LogP contribution in [0, 0.1) is 17.8 Å². The Morgan fingerprint density at radius 1 is 1.44 bits per heavy atom. The van der Waals surface area contributed by atoms with E-state index in [0.717, 1.165) is 13.1 Å². The Bertz CT molecular complexity index is 328. The Labute approximate surface area is 107 Å². The normalized spacial score (nSPS) is 38.7. The van der Waals surface area contributed by atoms with Crippen LogP contribution in [0.4, 0.5) is 0 Å². The zero-order valence-corrected chi connectivity index (χ0v) is 10.4. The van der Waals surface area contributed by atoms with Crippen LogP contribution in [0.25, 0.3) is 0 Å². The first-order chi connectivity index (χ1) is 8.45. The average molecular weight is 256 g/mol. The first kappa shape index (κ1) is 13.8. The molecule has 4 unspecified atom stereocenters. The highest BCUT2D eigenvalue weighted by Gasteiger charge is 2.56. The molecule has 6 N–H and O–H groups in total. The van der Waals surface area contributed by atoms with Crippen LogP contribution < -0.4 is 11.1 Å². The van der Waals surface area contributed by atoms with Crippen LogP contribution in [0.2, 0.25) is 6.32 Å². The Kier molecular flexibility index (Phi) is 3.96. The van der Waals surface area contributed by atoms with Crippen molar-refractivity contribution >= 4 is 13.1 Å². The second-order valence-electron chi connectivity index (χ2n) is 5.65. The molecule has 2 rings (SSSR count). The van der Waals surface area contributed by atoms with Crippen molar-refractivity contribution in [1.82, 2.24) is 5.32 Å². The molecule has 4 atom stereocenters. The maximum Gasteiger partial charge on any atom is 0.451 e. The van der Waals surface area contributed by atoms with Crippen molar-refractivity contribution in [3.8, 4) is 0 Å². The van der Waals surface area contributed by atoms with Crippen molar-refractivity contribution in [2.45, 2.75) is 31.1 Å². The van der Waals surface area contributed by atoms with Crippen molar-refractivity contribution in [1.29, 1.82) is 0 Å². The maximum atomic E-state index is 11.4. The van der Waals surface area contributed by atoms with Gasteiger partial charge in [0.1, 0.15) is 5.54 Å². The van der Waals surface area contributed by atoms with Gasteiger partial charge < -0.3 is 26.2 Å². The van der Waals surface area contributed by atoms with Gasteiger partial charge in [-0.3, -0.25) is 4.79 Å². The van der Waals surface area contributed by atoms with Gasteiger partial charge in [0, 0.05) is 0 Å². The summed E-state index contributed by atoms with van der Waals surface area (Å²) in [7, 11) is -1.32. The van der Waals surface area contributed by atoms with E-state index >= 15 is 0 Å². The standard InChI is InChI=1S/C11H21BN2O4/c13-11(10(15)16)4-7-5-14-6-8(7)9(11)2-1-3-12(17)18/h7-9,14,17-18H,1-6,13H2,(H,15,16). The quantitative estimate of drug-likeness (QED) is 0.398. The summed E-state index contributed by atoms with van der Waals surface area (Å²) in [5, 5.41) is 30.3. The number of rotatable bonds is 5. The van der Waals surface area contributed by atoms with Gasteiger partial charge in [0.25, 0.3) is 0 Å². The fraction of sp³-hybridized carbons (Fsp3) is 0.909. The second-order valence-corrected chi connectivity index (χ2v) is 5.65. The van der Waals surface area contributed by atoms with Crippen LogP contribution in [0.15, 0.2) is 0 Å². The van der Waals surface area contributed by atoms with Crippen molar-refractivity contribution in [2.24, 2.45) is 23.5 Å². The molecule has 2 fully saturated rings. The summed E-state index contributed by atoms with van der Waals surface area (Å²) in [5.41, 5.74) is 4.96. The minimum absolute atomic E-state index is 0.0752. The molecule has 18 heavy (non-hydrogen) atoms. The minimum atomic E-state index is -1.32. The largest absolute Gasteiger partial charge is 0.480 e. The summed E-state index contributed by atoms with van der Waals surface area (Å²) >= 11 is 0. The summed E-state index contributed by atoms with van der Waals surface area (Å²) in [6.45, 7) is 1.67. The summed E-state index contributed by atoms with van der Waals surface area (Å²) in [4.78, 5) is 11.4. The van der Waals surface area contributed by atoms with Gasteiger partial charge in [-0.15, -0.1) is 0 Å². The molecule has 1 aliphatic carbocycles. The number of aliphatic carboxylic acids is 1. The van der Waals surface area contributed by atoms with E-state index < -0.39 is 18.6 Å². The van der Waals surface area contributed by atoms with Gasteiger partial charge in [-0.2, -0.15) is 0 Å². The van der Waals surface area contributed by atoms with E-state index in [4.69, 9.17) is 15.8 Å². The monoisotopic (exact) mass is 256 g/mol. The molecule has 1 aliphatic heterocycles. The maximum absolute atomic E-state index is 11.4. The fourth-order valence-electron chi connectivity index (χ4n) is 3.65. The van der Waals surface area contributed by atoms with Gasteiger partial charge in [0.2, 0.25) is 0 Å². The van der Waals surface area contributed by atoms with Gasteiger partial charge >= 0.3 is 13.1 Å². The number of carbonyl (C=O) groups is 1. The summed E-state index contributed by atoms with van der Waals surface area (Å²) in [6, 6.07) is 0. The van der Waals surface area contributed by atoms with Gasteiger partial charge in [0.05, 0.1) is 0 Å². The molecular formula is C11H21BN2O4. The predicted molar refractivity (Wildman–Crippen MR) is 66.7 cm³/mol. The third kappa shape index (κ3) is 2.40. The van der Waals surface area contributed by atoms with E-state index in [1.807, 2.05) is 0 Å². The molecule has 6 nitrogen and oxygen atoms in total. The van der Waals surface area contributed by atoms with E-state index in [-0.39, 0.29) is 12.2 Å². The molecule has 102 valence electrons. The number of carboxylic acid groups (broad SMARTS) is 1. The highest BCUT2D eigenvalue weighted by Crippen LogP contribution is 2.47. The SMILES string of the molecule is NC1(C(=O)O)CC2CNCC2C1CCCB(O)O. The van der Waals surface area contributed by atoms with Crippen molar-refractivity contribution in [3.05, 3.63) is 0 Å². The number of carboxylic acids is 1. The number of hydrogen-bond acceptors (Lipinski definition) is 5. The molecular weight excluding hydrogens is 235 g/mol. The molecule has 0 aromatic rings. The molecule has 0 radical (unpaired) electrons. The Balaban J connectivity index is 2.04. The van der Waals surface area contributed by atoms with Crippen molar-refractivity contribution in [3.63, 3.8) is 0 Å². The lowest BCUT2D eigenvalue weighted by Crippen LogP contribution is -2.53. The van der Waals surface area contributed by atoms with E-state index in [1.54, 1.807) is 0 Å². The molecule has 1 saturated heterocycles. The molecule has 0 amide bonds. The second kappa shape index (κ2) is 5.17. The lowest BCUT2D eigenvalue weighted by atomic mass is 9.76. The van der Waals surface area contributed by atoms with Gasteiger partial charge in [-0.25, -0.2) is 0 Å². The lowest BCUT2D eigenvalue weighted by Gasteiger charge is -2.30. The molecule has 7 heteroatoms. The molecule has 1 saturated carbocycles. The van der Waals surface area contributed by atoms with E-state index in [9.17, 15) is 9.90 Å². The Morgan fingerprint density at radius 2 is 2.17 bits per heavy atom. The van der Waals surface area contributed by atoms with Crippen molar-refractivity contribution < 1.29 is 19.9 Å². The number of hydrogen-bond donors (Lipinski definition) is 5. The third-order valence-electron chi connectivity index (χ3n) is 4.55. The Hall–Kier alpha value is -0.625. The van der Waals surface area contributed by atoms with Gasteiger partial charge in [-0.05, 0) is 50.0 Å². The molecule has 0 aromatic heterocycles.